The number of carbonyl (C=O) groups excluding carboxylic acids is 2. The standard InChI is InChI=1S/C22H32O4/c1-12-14-6-7-18-21(3,4)19(25-13(2)23)8-9-22(18,5)16(14)11-17-15(12)10-20(24)26-17/h10,12,14,16-19H,6-9,11H2,1-5H3/t12-,14+,16+,17-,18+,19+,22-/m1/s1. The van der Waals surface area contributed by atoms with Crippen molar-refractivity contribution in [3.8, 4) is 0 Å². The Kier molecular flexibility index (Phi) is 4.06. The van der Waals surface area contributed by atoms with Crippen LogP contribution in [0, 0.1) is 34.5 Å². The fraction of sp³-hybridized carbons (Fsp3) is 0.818. The summed E-state index contributed by atoms with van der Waals surface area (Å²) in [4.78, 5) is 23.4. The Morgan fingerprint density at radius 3 is 2.65 bits per heavy atom. The highest BCUT2D eigenvalue weighted by molar-refractivity contribution is 5.86. The molecule has 26 heavy (non-hydrogen) atoms. The van der Waals surface area contributed by atoms with E-state index in [1.807, 2.05) is 0 Å². The van der Waals surface area contributed by atoms with Gasteiger partial charge in [-0.3, -0.25) is 4.79 Å². The molecule has 3 fully saturated rings. The van der Waals surface area contributed by atoms with E-state index in [9.17, 15) is 9.59 Å². The van der Waals surface area contributed by atoms with Crippen LogP contribution < -0.4 is 0 Å². The van der Waals surface area contributed by atoms with Crippen LogP contribution >= 0.6 is 0 Å². The lowest BCUT2D eigenvalue weighted by atomic mass is 9.42. The summed E-state index contributed by atoms with van der Waals surface area (Å²) in [5.41, 5.74) is 1.43. The molecule has 0 saturated heterocycles. The summed E-state index contributed by atoms with van der Waals surface area (Å²) < 4.78 is 11.4. The molecule has 0 aromatic rings. The smallest absolute Gasteiger partial charge is 0.331 e. The van der Waals surface area contributed by atoms with Crippen LogP contribution in [0.1, 0.15) is 66.7 Å². The number of carbonyl (C=O) groups is 2. The minimum absolute atomic E-state index is 0.00963. The predicted octanol–water partition coefficient (Wildman–Crippen LogP) is 4.28. The van der Waals surface area contributed by atoms with Crippen molar-refractivity contribution < 1.29 is 19.1 Å². The van der Waals surface area contributed by atoms with Crippen molar-refractivity contribution >= 4 is 11.9 Å². The summed E-state index contributed by atoms with van der Waals surface area (Å²) in [5, 5.41) is 0. The number of rotatable bonds is 1. The molecule has 7 atom stereocenters. The Labute approximate surface area is 156 Å². The molecule has 0 aromatic carbocycles. The van der Waals surface area contributed by atoms with Gasteiger partial charge >= 0.3 is 11.9 Å². The Balaban J connectivity index is 1.64. The maximum atomic E-state index is 11.8. The van der Waals surface area contributed by atoms with Crippen LogP contribution in [-0.4, -0.2) is 24.1 Å². The maximum Gasteiger partial charge on any atom is 0.331 e. The molecule has 0 amide bonds. The number of hydrogen-bond acceptors (Lipinski definition) is 4. The first kappa shape index (κ1) is 18.1. The van der Waals surface area contributed by atoms with Crippen molar-refractivity contribution in [2.45, 2.75) is 78.9 Å². The van der Waals surface area contributed by atoms with Crippen molar-refractivity contribution in [3.63, 3.8) is 0 Å². The molecule has 3 saturated carbocycles. The largest absolute Gasteiger partial charge is 0.462 e. The van der Waals surface area contributed by atoms with Gasteiger partial charge in [0.05, 0.1) is 0 Å². The zero-order chi connectivity index (χ0) is 18.9. The monoisotopic (exact) mass is 360 g/mol. The van der Waals surface area contributed by atoms with Crippen LogP contribution in [0.25, 0.3) is 0 Å². The summed E-state index contributed by atoms with van der Waals surface area (Å²) in [6.45, 7) is 10.8. The fourth-order valence-corrected chi connectivity index (χ4v) is 7.27. The summed E-state index contributed by atoms with van der Waals surface area (Å²) in [5.74, 6) is 1.84. The van der Waals surface area contributed by atoms with Gasteiger partial charge < -0.3 is 9.47 Å². The average molecular weight is 360 g/mol. The zero-order valence-electron chi connectivity index (χ0n) is 16.7. The van der Waals surface area contributed by atoms with Crippen LogP contribution in [-0.2, 0) is 19.1 Å². The average Bonchev–Trinajstić information content (AvgIpc) is 2.92. The Morgan fingerprint density at radius 2 is 1.96 bits per heavy atom. The van der Waals surface area contributed by atoms with Gasteiger partial charge in [-0.15, -0.1) is 0 Å². The maximum absolute atomic E-state index is 11.8. The highest BCUT2D eigenvalue weighted by atomic mass is 16.5. The molecule has 4 nitrogen and oxygen atoms in total. The zero-order valence-corrected chi connectivity index (χ0v) is 16.7. The third kappa shape index (κ3) is 2.47. The van der Waals surface area contributed by atoms with Crippen LogP contribution in [0.4, 0.5) is 0 Å². The highest BCUT2D eigenvalue weighted by Gasteiger charge is 2.61. The molecule has 0 spiro atoms. The normalized spacial score (nSPS) is 46.3. The highest BCUT2D eigenvalue weighted by Crippen LogP contribution is 2.65. The summed E-state index contributed by atoms with van der Waals surface area (Å²) >= 11 is 0. The molecule has 0 radical (unpaired) electrons. The van der Waals surface area contributed by atoms with Crippen LogP contribution in [0.2, 0.25) is 0 Å². The second-order valence-electron chi connectivity index (χ2n) is 9.96. The number of ether oxygens (including phenoxy) is 2. The van der Waals surface area contributed by atoms with Crippen LogP contribution in [0.3, 0.4) is 0 Å². The van der Waals surface area contributed by atoms with Crippen molar-refractivity contribution in [1.82, 2.24) is 0 Å². The van der Waals surface area contributed by atoms with E-state index in [0.717, 1.165) is 19.3 Å². The summed E-state index contributed by atoms with van der Waals surface area (Å²) in [6, 6.07) is 0. The summed E-state index contributed by atoms with van der Waals surface area (Å²) in [6.07, 6.45) is 7.12. The molecule has 144 valence electrons. The number of hydrogen-bond donors (Lipinski definition) is 0. The molecule has 1 aliphatic heterocycles. The van der Waals surface area contributed by atoms with E-state index in [1.165, 1.54) is 25.3 Å². The molecule has 4 aliphatic rings. The van der Waals surface area contributed by atoms with Gasteiger partial charge in [-0.1, -0.05) is 27.7 Å². The minimum atomic E-state index is -0.167. The van der Waals surface area contributed by atoms with Crippen LogP contribution in [0.5, 0.6) is 0 Å². The van der Waals surface area contributed by atoms with Gasteiger partial charge in [-0.2, -0.15) is 0 Å². The van der Waals surface area contributed by atoms with E-state index in [-0.39, 0.29) is 35.0 Å². The van der Waals surface area contributed by atoms with Crippen molar-refractivity contribution in [1.29, 1.82) is 0 Å². The first-order valence-electron chi connectivity index (χ1n) is 10.2. The van der Waals surface area contributed by atoms with E-state index in [2.05, 4.69) is 27.7 Å². The van der Waals surface area contributed by atoms with E-state index in [1.54, 1.807) is 6.08 Å². The third-order valence-electron chi connectivity index (χ3n) is 8.48. The van der Waals surface area contributed by atoms with Gasteiger partial charge in [-0.05, 0) is 66.8 Å². The molecule has 0 aromatic heterocycles. The van der Waals surface area contributed by atoms with E-state index < -0.39 is 0 Å². The lowest BCUT2D eigenvalue weighted by Gasteiger charge is -2.63. The molecular weight excluding hydrogens is 328 g/mol. The van der Waals surface area contributed by atoms with Gasteiger partial charge in [0.2, 0.25) is 0 Å². The first-order valence-corrected chi connectivity index (χ1v) is 10.2. The van der Waals surface area contributed by atoms with E-state index >= 15 is 0 Å². The number of fused-ring (bicyclic) bond motifs is 4. The van der Waals surface area contributed by atoms with E-state index in [4.69, 9.17) is 9.47 Å². The van der Waals surface area contributed by atoms with Crippen molar-refractivity contribution in [3.05, 3.63) is 11.6 Å². The second kappa shape index (κ2) is 5.84. The SMILES string of the molecule is CC(=O)O[C@H]1CC[C@]2(C)[C@H]3C[C@H]4OC(=O)C=C4[C@H](C)[C@@H]3CC[C@H]2C1(C)C. The van der Waals surface area contributed by atoms with Gasteiger partial charge in [0.15, 0.2) is 0 Å². The predicted molar refractivity (Wildman–Crippen MR) is 98.1 cm³/mol. The number of esters is 2. The van der Waals surface area contributed by atoms with Gasteiger partial charge in [0.25, 0.3) is 0 Å². The first-order chi connectivity index (χ1) is 12.1. The quantitative estimate of drug-likeness (QED) is 0.655. The Morgan fingerprint density at radius 1 is 1.23 bits per heavy atom. The second-order valence-corrected chi connectivity index (χ2v) is 9.96. The molecule has 0 bridgehead atoms. The van der Waals surface area contributed by atoms with E-state index in [0.29, 0.717) is 23.7 Å². The van der Waals surface area contributed by atoms with Gasteiger partial charge in [0.1, 0.15) is 12.2 Å². The lowest BCUT2D eigenvalue weighted by Crippen LogP contribution is -2.59. The molecular formula is C22H32O4. The minimum Gasteiger partial charge on any atom is -0.462 e. The lowest BCUT2D eigenvalue weighted by molar-refractivity contribution is -0.189. The van der Waals surface area contributed by atoms with Crippen LogP contribution in [0.15, 0.2) is 11.6 Å². The molecule has 0 unspecified atom stereocenters. The van der Waals surface area contributed by atoms with Crippen molar-refractivity contribution in [2.24, 2.45) is 34.5 Å². The Bertz CT molecular complexity index is 663. The van der Waals surface area contributed by atoms with Gasteiger partial charge in [-0.25, -0.2) is 4.79 Å². The third-order valence-corrected chi connectivity index (χ3v) is 8.48. The van der Waals surface area contributed by atoms with Gasteiger partial charge in [0, 0.05) is 18.4 Å². The molecule has 4 rings (SSSR count). The molecule has 0 N–H and O–H groups in total. The molecule has 4 heteroatoms. The molecule has 3 aliphatic carbocycles. The van der Waals surface area contributed by atoms with Crippen molar-refractivity contribution in [2.75, 3.05) is 0 Å². The molecule has 1 heterocycles. The summed E-state index contributed by atoms with van der Waals surface area (Å²) in [7, 11) is 0. The Hall–Kier alpha value is -1.32. The fourth-order valence-electron chi connectivity index (χ4n) is 7.27. The topological polar surface area (TPSA) is 52.6 Å².